The summed E-state index contributed by atoms with van der Waals surface area (Å²) in [5, 5.41) is 3.63. The van der Waals surface area contributed by atoms with Gasteiger partial charge >= 0.3 is 0 Å². The number of methoxy groups -OCH3 is 2. The van der Waals surface area contributed by atoms with Gasteiger partial charge in [-0.05, 0) is 77.1 Å². The molecule has 36 heavy (non-hydrogen) atoms. The van der Waals surface area contributed by atoms with Gasteiger partial charge in [0.05, 0.1) is 14.2 Å². The molecule has 4 nitrogen and oxygen atoms in total. The number of allylic oxidation sites excluding steroid dienone is 4. The van der Waals surface area contributed by atoms with Crippen LogP contribution in [0, 0.1) is 5.41 Å². The number of Topliss-reactive ketones (excluding diaryl/α,β-unsaturated/α-hetero) is 1. The van der Waals surface area contributed by atoms with Gasteiger partial charge in [0.15, 0.2) is 5.78 Å². The van der Waals surface area contributed by atoms with Crippen LogP contribution in [0.5, 0.6) is 11.5 Å². The molecule has 0 radical (unpaired) electrons. The molecule has 0 fully saturated rings. The predicted molar refractivity (Wildman–Crippen MR) is 145 cm³/mol. The van der Waals surface area contributed by atoms with E-state index >= 15 is 0 Å². The van der Waals surface area contributed by atoms with Crippen LogP contribution in [0.15, 0.2) is 102 Å². The Hall–Kier alpha value is -4.05. The zero-order valence-electron chi connectivity index (χ0n) is 21.2. The average molecular weight is 478 g/mol. The Balaban J connectivity index is 1.62. The molecule has 0 saturated heterocycles. The maximum absolute atomic E-state index is 14.2. The van der Waals surface area contributed by atoms with Gasteiger partial charge in [-0.15, -0.1) is 0 Å². The van der Waals surface area contributed by atoms with Crippen LogP contribution in [-0.2, 0) is 4.79 Å². The Morgan fingerprint density at radius 1 is 0.861 bits per heavy atom. The summed E-state index contributed by atoms with van der Waals surface area (Å²) < 4.78 is 10.7. The van der Waals surface area contributed by atoms with Gasteiger partial charge < -0.3 is 14.8 Å². The summed E-state index contributed by atoms with van der Waals surface area (Å²) in [6.45, 7) is 4.30. The predicted octanol–water partition coefficient (Wildman–Crippen LogP) is 6.77. The van der Waals surface area contributed by atoms with E-state index in [1.54, 1.807) is 14.2 Å². The molecule has 3 aromatic carbocycles. The van der Waals surface area contributed by atoms with Crippen molar-refractivity contribution in [3.63, 3.8) is 0 Å². The molecule has 0 saturated carbocycles. The van der Waals surface area contributed by atoms with E-state index in [0.717, 1.165) is 57.2 Å². The lowest BCUT2D eigenvalue weighted by Crippen LogP contribution is -2.37. The summed E-state index contributed by atoms with van der Waals surface area (Å²) in [6, 6.07) is 26.1. The second-order valence-corrected chi connectivity index (χ2v) is 9.94. The minimum atomic E-state index is -0.314. The van der Waals surface area contributed by atoms with Crippen LogP contribution < -0.4 is 14.8 Å². The van der Waals surface area contributed by atoms with Crippen LogP contribution in [0.4, 0.5) is 0 Å². The van der Waals surface area contributed by atoms with Gasteiger partial charge in [-0.3, -0.25) is 4.79 Å². The molecule has 182 valence electrons. The van der Waals surface area contributed by atoms with Crippen LogP contribution >= 0.6 is 0 Å². The number of carbonyl (C=O) groups is 1. The third-order valence-corrected chi connectivity index (χ3v) is 7.08. The number of hydrogen-bond donors (Lipinski definition) is 1. The van der Waals surface area contributed by atoms with Crippen LogP contribution in [0.1, 0.15) is 42.9 Å². The van der Waals surface area contributed by atoms with E-state index in [0.29, 0.717) is 0 Å². The summed E-state index contributed by atoms with van der Waals surface area (Å²) in [6.07, 6.45) is 4.96. The molecule has 1 aliphatic heterocycles. The maximum Gasteiger partial charge on any atom is 0.188 e. The Bertz CT molecular complexity index is 1360. The summed E-state index contributed by atoms with van der Waals surface area (Å²) in [5.41, 5.74) is 6.48. The molecule has 0 spiro atoms. The molecule has 1 N–H and O–H groups in total. The first-order valence-corrected chi connectivity index (χ1v) is 12.2. The molecule has 5 rings (SSSR count). The summed E-state index contributed by atoms with van der Waals surface area (Å²) in [5.74, 6) is 1.53. The highest BCUT2D eigenvalue weighted by molar-refractivity contribution is 6.15. The molecule has 0 bridgehead atoms. The van der Waals surface area contributed by atoms with Crippen LogP contribution in [0.2, 0.25) is 0 Å². The van der Waals surface area contributed by atoms with Gasteiger partial charge in [-0.1, -0.05) is 56.3 Å². The van der Waals surface area contributed by atoms with Crippen molar-refractivity contribution in [1.29, 1.82) is 0 Å². The van der Waals surface area contributed by atoms with Crippen LogP contribution in [0.25, 0.3) is 11.8 Å². The maximum atomic E-state index is 14.2. The average Bonchev–Trinajstić information content (AvgIpc) is 2.91. The van der Waals surface area contributed by atoms with E-state index in [2.05, 4.69) is 43.4 Å². The normalized spacial score (nSPS) is 19.9. The lowest BCUT2D eigenvalue weighted by molar-refractivity contribution is -0.113. The van der Waals surface area contributed by atoms with Crippen molar-refractivity contribution >= 4 is 17.6 Å². The number of carbonyl (C=O) groups excluding carboxylic acids is 1. The van der Waals surface area contributed by atoms with Crippen molar-refractivity contribution < 1.29 is 14.3 Å². The highest BCUT2D eigenvalue weighted by atomic mass is 16.5. The summed E-state index contributed by atoms with van der Waals surface area (Å²) in [4.78, 5) is 14.2. The van der Waals surface area contributed by atoms with E-state index in [1.807, 2.05) is 66.7 Å². The smallest absolute Gasteiger partial charge is 0.188 e. The van der Waals surface area contributed by atoms with Gasteiger partial charge in [-0.2, -0.15) is 0 Å². The van der Waals surface area contributed by atoms with Crippen molar-refractivity contribution in [2.24, 2.45) is 5.41 Å². The minimum Gasteiger partial charge on any atom is -0.497 e. The topological polar surface area (TPSA) is 47.6 Å². The Morgan fingerprint density at radius 3 is 2.08 bits per heavy atom. The SMILES string of the molecule is COc1ccc(C2=CC(c3ccc(OC)cc3)C3=C(CC(C)(C)/C(=C/c4ccccc4)C3=O)N2)cc1. The number of dihydropyridines is 1. The molecule has 1 aliphatic carbocycles. The quantitative estimate of drug-likeness (QED) is 0.412. The molecular formula is C32H31NO3. The Labute approximate surface area is 213 Å². The summed E-state index contributed by atoms with van der Waals surface area (Å²) in [7, 11) is 3.33. The van der Waals surface area contributed by atoms with Gasteiger partial charge in [0.1, 0.15) is 11.5 Å². The first-order chi connectivity index (χ1) is 17.4. The highest BCUT2D eigenvalue weighted by Crippen LogP contribution is 2.48. The second-order valence-electron chi connectivity index (χ2n) is 9.94. The van der Waals surface area contributed by atoms with Crippen molar-refractivity contribution in [2.75, 3.05) is 14.2 Å². The zero-order valence-corrected chi connectivity index (χ0v) is 21.2. The van der Waals surface area contributed by atoms with E-state index in [9.17, 15) is 4.79 Å². The molecule has 0 amide bonds. The molecule has 0 aromatic heterocycles. The zero-order chi connectivity index (χ0) is 25.3. The molecule has 1 unspecified atom stereocenters. The standard InChI is InChI=1S/C32H31NO3/c1-32(2)20-29-30(31(34)27(32)18-21-8-6-5-7-9-21)26(22-10-14-24(35-3)15-11-22)19-28(33-29)23-12-16-25(36-4)17-13-23/h5-19,26,33H,20H2,1-4H3/b27-18+. The third-order valence-electron chi connectivity index (χ3n) is 7.08. The number of rotatable bonds is 5. The van der Waals surface area contributed by atoms with Gasteiger partial charge in [0, 0.05) is 28.5 Å². The third kappa shape index (κ3) is 4.47. The van der Waals surface area contributed by atoms with Crippen molar-refractivity contribution in [1.82, 2.24) is 5.32 Å². The van der Waals surface area contributed by atoms with E-state index < -0.39 is 0 Å². The molecular weight excluding hydrogens is 446 g/mol. The fourth-order valence-corrected chi connectivity index (χ4v) is 5.11. The molecule has 1 atom stereocenters. The summed E-state index contributed by atoms with van der Waals surface area (Å²) >= 11 is 0. The number of benzene rings is 3. The monoisotopic (exact) mass is 477 g/mol. The molecule has 3 aromatic rings. The number of ketones is 1. The van der Waals surface area contributed by atoms with Crippen molar-refractivity contribution in [3.05, 3.63) is 118 Å². The number of hydrogen-bond acceptors (Lipinski definition) is 4. The fourth-order valence-electron chi connectivity index (χ4n) is 5.11. The Kier molecular flexibility index (Phi) is 6.27. The number of nitrogens with one attached hydrogen (secondary N) is 1. The first-order valence-electron chi connectivity index (χ1n) is 12.2. The minimum absolute atomic E-state index is 0.100. The number of ether oxygens (including phenoxy) is 2. The highest BCUT2D eigenvalue weighted by Gasteiger charge is 2.42. The van der Waals surface area contributed by atoms with Gasteiger partial charge in [0.25, 0.3) is 0 Å². The van der Waals surface area contributed by atoms with Crippen LogP contribution in [-0.4, -0.2) is 20.0 Å². The molecule has 1 heterocycles. The largest absolute Gasteiger partial charge is 0.497 e. The lowest BCUT2D eigenvalue weighted by Gasteiger charge is -2.40. The van der Waals surface area contributed by atoms with Gasteiger partial charge in [0.2, 0.25) is 0 Å². The van der Waals surface area contributed by atoms with E-state index in [-0.39, 0.29) is 17.1 Å². The lowest BCUT2D eigenvalue weighted by atomic mass is 9.67. The van der Waals surface area contributed by atoms with Crippen molar-refractivity contribution in [3.8, 4) is 11.5 Å². The van der Waals surface area contributed by atoms with Crippen molar-refractivity contribution in [2.45, 2.75) is 26.2 Å². The fraction of sp³-hybridized carbons (Fsp3) is 0.219. The second kappa shape index (κ2) is 9.54. The Morgan fingerprint density at radius 2 is 1.47 bits per heavy atom. The molecule has 4 heteroatoms. The van der Waals surface area contributed by atoms with Crippen LogP contribution in [0.3, 0.4) is 0 Å². The first kappa shape index (κ1) is 23.7. The van der Waals surface area contributed by atoms with E-state index in [1.165, 1.54) is 0 Å². The van der Waals surface area contributed by atoms with Gasteiger partial charge in [-0.25, -0.2) is 0 Å². The van der Waals surface area contributed by atoms with E-state index in [4.69, 9.17) is 9.47 Å². The molecule has 2 aliphatic rings.